The Labute approximate surface area is 111 Å². The van der Waals surface area contributed by atoms with Crippen LogP contribution in [0.2, 0.25) is 0 Å². The number of aromatic nitrogens is 1. The Balaban J connectivity index is 2.61. The molecule has 18 heavy (non-hydrogen) atoms. The molecule has 0 aliphatic rings. The molecule has 5 nitrogen and oxygen atoms in total. The third-order valence-corrected chi connectivity index (χ3v) is 4.09. The van der Waals surface area contributed by atoms with E-state index >= 15 is 0 Å². The second-order valence-electron chi connectivity index (χ2n) is 4.14. The van der Waals surface area contributed by atoms with Crippen LogP contribution in [0.25, 0.3) is 6.08 Å². The van der Waals surface area contributed by atoms with Crippen LogP contribution in [0.4, 0.5) is 0 Å². The second kappa shape index (κ2) is 6.10. The first-order valence-electron chi connectivity index (χ1n) is 5.30. The molecular formula is C11H16N2O3S2. The lowest BCUT2D eigenvalue weighted by atomic mass is 10.3. The van der Waals surface area contributed by atoms with Gasteiger partial charge in [0.15, 0.2) is 0 Å². The molecule has 0 radical (unpaired) electrons. The van der Waals surface area contributed by atoms with Gasteiger partial charge in [-0.05, 0) is 13.0 Å². The normalized spacial score (nSPS) is 13.7. The summed E-state index contributed by atoms with van der Waals surface area (Å²) in [6.45, 7) is 1.70. The van der Waals surface area contributed by atoms with E-state index in [1.54, 1.807) is 25.6 Å². The molecule has 1 heterocycles. The van der Waals surface area contributed by atoms with Gasteiger partial charge in [0, 0.05) is 30.8 Å². The molecule has 1 aromatic rings. The van der Waals surface area contributed by atoms with Gasteiger partial charge >= 0.3 is 0 Å². The van der Waals surface area contributed by atoms with E-state index in [9.17, 15) is 13.2 Å². The summed E-state index contributed by atoms with van der Waals surface area (Å²) in [5.41, 5.74) is 2.40. The summed E-state index contributed by atoms with van der Waals surface area (Å²) in [7, 11) is -1.50. The second-order valence-corrected chi connectivity index (χ2v) is 7.04. The Morgan fingerprint density at radius 3 is 2.78 bits per heavy atom. The molecular weight excluding hydrogens is 272 g/mol. The molecule has 0 spiro atoms. The third kappa shape index (κ3) is 4.97. The number of thiazole rings is 1. The molecule has 0 aliphatic heterocycles. The topological polar surface area (TPSA) is 67.3 Å². The van der Waals surface area contributed by atoms with Crippen molar-refractivity contribution >= 4 is 33.2 Å². The van der Waals surface area contributed by atoms with Gasteiger partial charge in [-0.2, -0.15) is 0 Å². The molecule has 1 aromatic heterocycles. The van der Waals surface area contributed by atoms with E-state index in [1.165, 1.54) is 22.3 Å². The highest BCUT2D eigenvalue weighted by Crippen LogP contribution is 2.05. The number of likely N-dealkylation sites (N-methyl/N-ethyl adjacent to an activating group) is 1. The highest BCUT2D eigenvalue weighted by Gasteiger charge is 2.17. The number of carbonyl (C=O) groups excluding carboxylic acids is 1. The van der Waals surface area contributed by atoms with Gasteiger partial charge in [0.2, 0.25) is 5.91 Å². The number of carbonyl (C=O) groups is 1. The zero-order valence-electron chi connectivity index (χ0n) is 10.5. The Kier molecular flexibility index (Phi) is 5.03. The first-order chi connectivity index (χ1) is 8.29. The van der Waals surface area contributed by atoms with Crippen molar-refractivity contribution in [3.63, 3.8) is 0 Å². The van der Waals surface area contributed by atoms with Crippen LogP contribution in [0.3, 0.4) is 0 Å². The van der Waals surface area contributed by atoms with Crippen LogP contribution < -0.4 is 0 Å². The van der Waals surface area contributed by atoms with Gasteiger partial charge < -0.3 is 4.90 Å². The molecule has 0 saturated heterocycles. The van der Waals surface area contributed by atoms with Crippen molar-refractivity contribution in [2.75, 3.05) is 19.1 Å². The maximum atomic E-state index is 11.8. The van der Waals surface area contributed by atoms with Gasteiger partial charge in [-0.15, -0.1) is 11.3 Å². The number of sulfone groups is 1. The molecule has 1 unspecified atom stereocenters. The molecule has 1 atom stereocenters. The SMILES string of the molecule is CC(CS(C)(=O)=O)N(C)C(=O)/C=C/c1cscn1. The van der Waals surface area contributed by atoms with Gasteiger partial charge in [-0.3, -0.25) is 4.79 Å². The fraction of sp³-hybridized carbons (Fsp3) is 0.455. The van der Waals surface area contributed by atoms with Gasteiger partial charge in [0.1, 0.15) is 9.84 Å². The molecule has 0 aliphatic carbocycles. The van der Waals surface area contributed by atoms with Crippen LogP contribution >= 0.6 is 11.3 Å². The van der Waals surface area contributed by atoms with Crippen molar-refractivity contribution in [2.24, 2.45) is 0 Å². The Morgan fingerprint density at radius 2 is 2.28 bits per heavy atom. The lowest BCUT2D eigenvalue weighted by Gasteiger charge is -2.22. The van der Waals surface area contributed by atoms with Gasteiger partial charge in [0.25, 0.3) is 0 Å². The molecule has 0 fully saturated rings. The first kappa shape index (κ1) is 14.8. The smallest absolute Gasteiger partial charge is 0.246 e. The lowest BCUT2D eigenvalue weighted by molar-refractivity contribution is -0.126. The van der Waals surface area contributed by atoms with Crippen molar-refractivity contribution in [3.8, 4) is 0 Å². The van der Waals surface area contributed by atoms with Crippen LogP contribution in [0.5, 0.6) is 0 Å². The molecule has 0 bridgehead atoms. The largest absolute Gasteiger partial charge is 0.338 e. The summed E-state index contributed by atoms with van der Waals surface area (Å²) in [5.74, 6) is -0.279. The molecule has 1 rings (SSSR count). The molecule has 1 amide bonds. The summed E-state index contributed by atoms with van der Waals surface area (Å²) in [5, 5.41) is 1.82. The van der Waals surface area contributed by atoms with Crippen LogP contribution in [0.15, 0.2) is 17.0 Å². The van der Waals surface area contributed by atoms with E-state index in [0.717, 1.165) is 11.9 Å². The van der Waals surface area contributed by atoms with E-state index in [1.807, 2.05) is 5.38 Å². The monoisotopic (exact) mass is 288 g/mol. The van der Waals surface area contributed by atoms with Gasteiger partial charge in [-0.1, -0.05) is 0 Å². The van der Waals surface area contributed by atoms with Crippen LogP contribution in [-0.4, -0.2) is 49.3 Å². The maximum absolute atomic E-state index is 11.8. The van der Waals surface area contributed by atoms with Crippen LogP contribution in [0.1, 0.15) is 12.6 Å². The fourth-order valence-electron chi connectivity index (χ4n) is 1.35. The summed E-state index contributed by atoms with van der Waals surface area (Å²) in [6, 6.07) is -0.354. The standard InChI is InChI=1S/C11H16N2O3S2/c1-9(7-18(3,15)16)13(2)11(14)5-4-10-6-17-8-12-10/h4-6,8-9H,7H2,1-3H3/b5-4+. The Morgan fingerprint density at radius 1 is 1.61 bits per heavy atom. The van der Waals surface area contributed by atoms with E-state index in [2.05, 4.69) is 4.98 Å². The van der Waals surface area contributed by atoms with Gasteiger partial charge in [0.05, 0.1) is 17.0 Å². The lowest BCUT2D eigenvalue weighted by Crippen LogP contribution is -2.38. The van der Waals surface area contributed by atoms with Crippen molar-refractivity contribution in [1.82, 2.24) is 9.88 Å². The summed E-state index contributed by atoms with van der Waals surface area (Å²) in [4.78, 5) is 17.2. The van der Waals surface area contributed by atoms with E-state index < -0.39 is 9.84 Å². The molecule has 7 heteroatoms. The number of nitrogens with zero attached hydrogens (tertiary/aromatic N) is 2. The predicted molar refractivity (Wildman–Crippen MR) is 73.1 cm³/mol. The van der Waals surface area contributed by atoms with E-state index in [-0.39, 0.29) is 17.7 Å². The Hall–Kier alpha value is -1.21. The summed E-state index contributed by atoms with van der Waals surface area (Å²) in [6.07, 6.45) is 4.17. The minimum Gasteiger partial charge on any atom is -0.338 e. The van der Waals surface area contributed by atoms with Crippen LogP contribution in [0, 0.1) is 0 Å². The third-order valence-electron chi connectivity index (χ3n) is 2.40. The average molecular weight is 288 g/mol. The molecule has 0 saturated carbocycles. The number of rotatable bonds is 5. The highest BCUT2D eigenvalue weighted by molar-refractivity contribution is 7.90. The highest BCUT2D eigenvalue weighted by atomic mass is 32.2. The van der Waals surface area contributed by atoms with E-state index in [4.69, 9.17) is 0 Å². The zero-order valence-corrected chi connectivity index (χ0v) is 12.2. The van der Waals surface area contributed by atoms with Gasteiger partial charge in [-0.25, -0.2) is 13.4 Å². The van der Waals surface area contributed by atoms with E-state index in [0.29, 0.717) is 0 Å². The zero-order chi connectivity index (χ0) is 13.8. The minimum absolute atomic E-state index is 0.0419. The van der Waals surface area contributed by atoms with Crippen molar-refractivity contribution in [3.05, 3.63) is 22.7 Å². The molecule has 0 aromatic carbocycles. The van der Waals surface area contributed by atoms with Crippen molar-refractivity contribution in [1.29, 1.82) is 0 Å². The summed E-state index contributed by atoms with van der Waals surface area (Å²) < 4.78 is 22.3. The van der Waals surface area contributed by atoms with Crippen molar-refractivity contribution < 1.29 is 13.2 Å². The number of amides is 1. The molecule has 100 valence electrons. The minimum atomic E-state index is -3.09. The number of hydrogen-bond acceptors (Lipinski definition) is 5. The quantitative estimate of drug-likeness (QED) is 0.760. The number of hydrogen-bond donors (Lipinski definition) is 0. The van der Waals surface area contributed by atoms with Crippen molar-refractivity contribution in [2.45, 2.75) is 13.0 Å². The van der Waals surface area contributed by atoms with Crippen LogP contribution in [-0.2, 0) is 14.6 Å². The molecule has 0 N–H and O–H groups in total. The average Bonchev–Trinajstić information content (AvgIpc) is 2.75. The summed E-state index contributed by atoms with van der Waals surface area (Å²) >= 11 is 1.45. The fourth-order valence-corrected chi connectivity index (χ4v) is 2.97. The Bertz CT molecular complexity index is 520. The predicted octanol–water partition coefficient (Wildman–Crippen LogP) is 1.05. The first-order valence-corrected chi connectivity index (χ1v) is 8.30. The maximum Gasteiger partial charge on any atom is 0.246 e.